The molecule has 0 saturated carbocycles. The molecule has 0 atom stereocenters. The Bertz CT molecular complexity index is 898. The average molecular weight is 330 g/mol. The minimum absolute atomic E-state index is 0.193. The van der Waals surface area contributed by atoms with Crippen molar-refractivity contribution in [2.45, 2.75) is 47.0 Å². The summed E-state index contributed by atoms with van der Waals surface area (Å²) in [6.07, 6.45) is 1.86. The number of hydrogen-bond donors (Lipinski definition) is 0. The topological polar surface area (TPSA) is 0 Å². The molecule has 0 nitrogen and oxygen atoms in total. The molecule has 0 saturated heterocycles. The highest BCUT2D eigenvalue weighted by molar-refractivity contribution is 5.37. The van der Waals surface area contributed by atoms with Gasteiger partial charge in [0.1, 0.15) is 0 Å². The molecule has 26 heavy (non-hydrogen) atoms. The summed E-state index contributed by atoms with van der Waals surface area (Å²) in [5.41, 5.74) is -0.193. The second-order valence-electron chi connectivity index (χ2n) is 5.12. The molecule has 0 bridgehead atoms. The van der Waals surface area contributed by atoms with Gasteiger partial charge >= 0.3 is 0 Å². The Hall–Kier alpha value is -3.96. The van der Waals surface area contributed by atoms with E-state index in [1.54, 1.807) is 20.8 Å². The third kappa shape index (κ3) is 13.7. The summed E-state index contributed by atoms with van der Waals surface area (Å²) < 4.78 is 0. The maximum Gasteiger partial charge on any atom is 0.0171 e. The van der Waals surface area contributed by atoms with Crippen LogP contribution in [0.25, 0.3) is 0 Å². The molecule has 0 unspecified atom stereocenters. The number of hydrogen-bond acceptors (Lipinski definition) is 0. The van der Waals surface area contributed by atoms with Gasteiger partial charge < -0.3 is 0 Å². The van der Waals surface area contributed by atoms with E-state index >= 15 is 0 Å². The van der Waals surface area contributed by atoms with Crippen molar-refractivity contribution in [1.82, 2.24) is 0 Å². The van der Waals surface area contributed by atoms with Crippen LogP contribution in [0, 0.1) is 112 Å². The summed E-state index contributed by atoms with van der Waals surface area (Å²) in [7, 11) is 0. The van der Waals surface area contributed by atoms with Crippen LogP contribution in [0.15, 0.2) is 0 Å². The summed E-state index contributed by atoms with van der Waals surface area (Å²) in [5.74, 6) is 49.8. The van der Waals surface area contributed by atoms with Crippen molar-refractivity contribution in [3.05, 3.63) is 0 Å². The highest BCUT2D eigenvalue weighted by Gasteiger charge is 2.21. The van der Waals surface area contributed by atoms with E-state index in [9.17, 15) is 0 Å². The molecule has 0 amide bonds. The van der Waals surface area contributed by atoms with Gasteiger partial charge in [-0.25, -0.2) is 0 Å². The summed E-state index contributed by atoms with van der Waals surface area (Å²) in [5, 5.41) is 0. The molecule has 0 heterocycles. The lowest BCUT2D eigenvalue weighted by atomic mass is 9.81. The fraction of sp³-hybridized carbons (Fsp3) is 0.308. The molecular formula is C26H18. The molecule has 0 N–H and O–H groups in total. The Morgan fingerprint density at radius 3 is 0.962 bits per heavy atom. The quantitative estimate of drug-likeness (QED) is 0.697. The van der Waals surface area contributed by atoms with Crippen LogP contribution in [0.3, 0.4) is 0 Å². The predicted molar refractivity (Wildman–Crippen MR) is 109 cm³/mol. The van der Waals surface area contributed by atoms with Gasteiger partial charge in [0.25, 0.3) is 0 Å². The smallest absolute Gasteiger partial charge is 0.0171 e. The summed E-state index contributed by atoms with van der Waals surface area (Å²) in [4.78, 5) is 0. The lowest BCUT2D eigenvalue weighted by Crippen LogP contribution is -2.14. The minimum Gasteiger partial charge on any atom is -0.0925 e. The summed E-state index contributed by atoms with van der Waals surface area (Å²) >= 11 is 0. The second-order valence-corrected chi connectivity index (χ2v) is 5.12. The molecular weight excluding hydrogens is 312 g/mol. The normalized spacial score (nSPS) is 6.46. The molecule has 0 radical (unpaired) electrons. The van der Waals surface area contributed by atoms with Crippen molar-refractivity contribution in [3.63, 3.8) is 0 Å². The molecule has 122 valence electrons. The second kappa shape index (κ2) is 15.9. The third-order valence-electron chi connectivity index (χ3n) is 2.75. The minimum atomic E-state index is -0.193. The zero-order chi connectivity index (χ0) is 19.3. The maximum atomic E-state index is 3.06. The Balaban J connectivity index is 5.16. The van der Waals surface area contributed by atoms with Gasteiger partial charge in [-0.15, -0.1) is 0 Å². The first-order chi connectivity index (χ1) is 12.7. The highest BCUT2D eigenvalue weighted by atomic mass is 14.2. The lowest BCUT2D eigenvalue weighted by Gasteiger charge is -2.21. The predicted octanol–water partition coefficient (Wildman–Crippen LogP) is 3.25. The SMILES string of the molecule is CC#CC#CC#CCC(C)(CC#CC#CC#CC)CC#CC#CC#CC. The van der Waals surface area contributed by atoms with E-state index in [0.29, 0.717) is 19.3 Å². The van der Waals surface area contributed by atoms with Crippen LogP contribution in [0.4, 0.5) is 0 Å². The molecule has 0 aliphatic rings. The Labute approximate surface area is 159 Å². The van der Waals surface area contributed by atoms with Crippen LogP contribution in [0.1, 0.15) is 47.0 Å². The van der Waals surface area contributed by atoms with E-state index in [-0.39, 0.29) is 5.41 Å². The van der Waals surface area contributed by atoms with Crippen molar-refractivity contribution in [3.8, 4) is 107 Å². The van der Waals surface area contributed by atoms with Gasteiger partial charge in [0.05, 0.1) is 0 Å². The van der Waals surface area contributed by atoms with E-state index in [2.05, 4.69) is 113 Å². The molecule has 0 fully saturated rings. The van der Waals surface area contributed by atoms with Crippen LogP contribution >= 0.6 is 0 Å². The molecule has 0 spiro atoms. The van der Waals surface area contributed by atoms with Gasteiger partial charge in [0.15, 0.2) is 0 Å². The fourth-order valence-electron chi connectivity index (χ4n) is 1.47. The molecule has 0 aromatic carbocycles. The van der Waals surface area contributed by atoms with Crippen LogP contribution in [0.2, 0.25) is 0 Å². The van der Waals surface area contributed by atoms with E-state index in [1.165, 1.54) is 0 Å². The van der Waals surface area contributed by atoms with Crippen molar-refractivity contribution in [1.29, 1.82) is 0 Å². The maximum absolute atomic E-state index is 3.06. The Morgan fingerprint density at radius 2 is 0.692 bits per heavy atom. The van der Waals surface area contributed by atoms with Crippen molar-refractivity contribution in [2.24, 2.45) is 5.41 Å². The molecule has 0 aromatic rings. The Kier molecular flexibility index (Phi) is 13.5. The standard InChI is InChI=1S/C26H18/c1-5-8-11-14-17-20-23-26(4,24-21-18-15-12-9-6-2)25-22-19-16-13-10-7-3/h23-25H2,1-4H3. The summed E-state index contributed by atoms with van der Waals surface area (Å²) in [6.45, 7) is 7.30. The van der Waals surface area contributed by atoms with Crippen LogP contribution in [0.5, 0.6) is 0 Å². The van der Waals surface area contributed by atoms with Crippen molar-refractivity contribution < 1.29 is 0 Å². The van der Waals surface area contributed by atoms with Crippen LogP contribution < -0.4 is 0 Å². The molecule has 0 rings (SSSR count). The zero-order valence-corrected chi connectivity index (χ0v) is 15.6. The van der Waals surface area contributed by atoms with E-state index in [1.807, 2.05) is 0 Å². The monoisotopic (exact) mass is 330 g/mol. The van der Waals surface area contributed by atoms with Gasteiger partial charge in [-0.2, -0.15) is 0 Å². The first-order valence-corrected chi connectivity index (χ1v) is 7.87. The summed E-state index contributed by atoms with van der Waals surface area (Å²) in [6, 6.07) is 0. The van der Waals surface area contributed by atoms with Crippen LogP contribution in [-0.2, 0) is 0 Å². The third-order valence-corrected chi connectivity index (χ3v) is 2.75. The van der Waals surface area contributed by atoms with Gasteiger partial charge in [-0.3, -0.25) is 0 Å². The van der Waals surface area contributed by atoms with E-state index in [0.717, 1.165) is 0 Å². The van der Waals surface area contributed by atoms with Gasteiger partial charge in [0, 0.05) is 24.7 Å². The number of rotatable bonds is 3. The zero-order valence-electron chi connectivity index (χ0n) is 15.6. The van der Waals surface area contributed by atoms with E-state index in [4.69, 9.17) is 0 Å². The van der Waals surface area contributed by atoms with Gasteiger partial charge in [-0.05, 0) is 91.8 Å². The molecule has 0 aliphatic carbocycles. The van der Waals surface area contributed by atoms with E-state index < -0.39 is 0 Å². The van der Waals surface area contributed by atoms with Crippen molar-refractivity contribution in [2.75, 3.05) is 0 Å². The average Bonchev–Trinajstić information content (AvgIpc) is 2.64. The first-order valence-electron chi connectivity index (χ1n) is 7.87. The van der Waals surface area contributed by atoms with Crippen LogP contribution in [-0.4, -0.2) is 0 Å². The van der Waals surface area contributed by atoms with Crippen molar-refractivity contribution >= 4 is 0 Å². The first kappa shape index (κ1) is 22.0. The molecule has 0 aromatic heterocycles. The lowest BCUT2D eigenvalue weighted by molar-refractivity contribution is 0.355. The fourth-order valence-corrected chi connectivity index (χ4v) is 1.47. The highest BCUT2D eigenvalue weighted by Crippen LogP contribution is 2.28. The molecule has 0 heteroatoms. The Morgan fingerprint density at radius 1 is 0.423 bits per heavy atom. The molecule has 0 aliphatic heterocycles. The largest absolute Gasteiger partial charge is 0.0925 e. The van der Waals surface area contributed by atoms with Gasteiger partial charge in [0.2, 0.25) is 0 Å². The van der Waals surface area contributed by atoms with Gasteiger partial charge in [-0.1, -0.05) is 42.4 Å².